The molecule has 1 saturated carbocycles. The zero-order valence-corrected chi connectivity index (χ0v) is 26.7. The lowest BCUT2D eigenvalue weighted by Gasteiger charge is -2.30. The van der Waals surface area contributed by atoms with E-state index in [9.17, 15) is 0 Å². The first-order chi connectivity index (χ1) is 16.1. The van der Waals surface area contributed by atoms with Crippen molar-refractivity contribution in [2.24, 2.45) is 64.6 Å². The van der Waals surface area contributed by atoms with E-state index >= 15 is 0 Å². The van der Waals surface area contributed by atoms with E-state index in [0.29, 0.717) is 5.41 Å². The van der Waals surface area contributed by atoms with Crippen LogP contribution in [0.5, 0.6) is 0 Å². The van der Waals surface area contributed by atoms with Gasteiger partial charge in [0.2, 0.25) is 0 Å². The van der Waals surface area contributed by atoms with Crippen LogP contribution in [0.1, 0.15) is 135 Å². The second-order valence-electron chi connectivity index (χ2n) is 15.0. The average molecular weight is 487 g/mol. The summed E-state index contributed by atoms with van der Waals surface area (Å²) >= 11 is 0. The zero-order valence-electron chi connectivity index (χ0n) is 26.7. The molecule has 0 radical (unpaired) electrons. The largest absolute Gasteiger partial charge is 0.0817 e. The SMILES string of the molecule is CC(C)C1=CC(C(C)C)C(C)(C)C1.CC(C)C1=CC(C(C)C)CC1.CC(C)C1CCC(C(C)C)C1. The molecule has 0 N–H and O–H groups in total. The van der Waals surface area contributed by atoms with Gasteiger partial charge in [0.05, 0.1) is 0 Å². The first kappa shape index (κ1) is 32.5. The van der Waals surface area contributed by atoms with E-state index in [1.54, 1.807) is 11.1 Å². The lowest BCUT2D eigenvalue weighted by atomic mass is 9.75. The van der Waals surface area contributed by atoms with Gasteiger partial charge < -0.3 is 0 Å². The van der Waals surface area contributed by atoms with Crippen molar-refractivity contribution in [2.75, 3.05) is 0 Å². The van der Waals surface area contributed by atoms with E-state index in [-0.39, 0.29) is 0 Å². The molecule has 0 aromatic heterocycles. The van der Waals surface area contributed by atoms with E-state index in [2.05, 4.69) is 109 Å². The molecule has 1 fully saturated rings. The molecule has 0 saturated heterocycles. The molecular weight excluding hydrogens is 420 g/mol. The Balaban J connectivity index is 0.000000264. The summed E-state index contributed by atoms with van der Waals surface area (Å²) in [4.78, 5) is 0. The Bertz CT molecular complexity index is 638. The van der Waals surface area contributed by atoms with Crippen LogP contribution in [0.25, 0.3) is 0 Å². The number of hydrogen-bond donors (Lipinski definition) is 0. The lowest BCUT2D eigenvalue weighted by molar-refractivity contribution is 0.223. The van der Waals surface area contributed by atoms with Gasteiger partial charge in [-0.15, -0.1) is 0 Å². The third kappa shape index (κ3) is 10.4. The van der Waals surface area contributed by atoms with E-state index in [1.807, 2.05) is 0 Å². The molecule has 0 heteroatoms. The van der Waals surface area contributed by atoms with Gasteiger partial charge in [0.25, 0.3) is 0 Å². The summed E-state index contributed by atoms with van der Waals surface area (Å²) in [7, 11) is 0. The van der Waals surface area contributed by atoms with E-state index in [4.69, 9.17) is 0 Å². The third-order valence-corrected chi connectivity index (χ3v) is 9.61. The monoisotopic (exact) mass is 487 g/mol. The van der Waals surface area contributed by atoms with Gasteiger partial charge in [0.1, 0.15) is 0 Å². The van der Waals surface area contributed by atoms with E-state index < -0.39 is 0 Å². The molecule has 3 aliphatic carbocycles. The van der Waals surface area contributed by atoms with Crippen LogP contribution in [0, 0.1) is 64.6 Å². The molecule has 0 aromatic carbocycles. The molecule has 3 rings (SSSR count). The predicted molar refractivity (Wildman–Crippen MR) is 161 cm³/mol. The fraction of sp³-hybridized carbons (Fsp3) is 0.886. The summed E-state index contributed by atoms with van der Waals surface area (Å²) in [5.74, 6) is 8.68. The molecule has 4 atom stereocenters. The Labute approximate surface area is 223 Å². The molecule has 0 bridgehead atoms. The smallest absolute Gasteiger partial charge is 0.0153 e. The summed E-state index contributed by atoms with van der Waals surface area (Å²) in [5, 5.41) is 0. The molecule has 35 heavy (non-hydrogen) atoms. The average Bonchev–Trinajstić information content (AvgIpc) is 3.46. The highest BCUT2D eigenvalue weighted by Crippen LogP contribution is 2.47. The first-order valence-corrected chi connectivity index (χ1v) is 15.5. The zero-order chi connectivity index (χ0) is 27.1. The molecule has 0 amide bonds. The van der Waals surface area contributed by atoms with Crippen molar-refractivity contribution in [3.63, 3.8) is 0 Å². The van der Waals surface area contributed by atoms with Gasteiger partial charge in [-0.3, -0.25) is 0 Å². The Morgan fingerprint density at radius 2 is 1.09 bits per heavy atom. The summed E-state index contributed by atoms with van der Waals surface area (Å²) in [6, 6.07) is 0. The number of hydrogen-bond acceptors (Lipinski definition) is 0. The molecular formula is C35H66. The van der Waals surface area contributed by atoms with Crippen LogP contribution >= 0.6 is 0 Å². The quantitative estimate of drug-likeness (QED) is 0.327. The standard InChI is InChI=1S/C13H24.C11H22.C11H20/c1-9(2)11-7-12(10(3)4)13(5,6)8-11;2*1-8(2)10-5-6-11(7-10)9(3)4/h7,9-10,12H,8H2,1-6H3;8-11H,5-7H2,1-4H3;7-10H,5-6H2,1-4H3. The summed E-state index contributed by atoms with van der Waals surface area (Å²) in [6.45, 7) is 32.8. The van der Waals surface area contributed by atoms with Crippen LogP contribution in [0.4, 0.5) is 0 Å². The van der Waals surface area contributed by atoms with E-state index in [0.717, 1.165) is 59.2 Å². The minimum absolute atomic E-state index is 0.494. The minimum Gasteiger partial charge on any atom is -0.0817 e. The van der Waals surface area contributed by atoms with Crippen LogP contribution in [-0.4, -0.2) is 0 Å². The highest BCUT2D eigenvalue weighted by atomic mass is 14.4. The number of rotatable bonds is 6. The molecule has 0 heterocycles. The fourth-order valence-corrected chi connectivity index (χ4v) is 6.70. The van der Waals surface area contributed by atoms with Crippen molar-refractivity contribution < 1.29 is 0 Å². The maximum absolute atomic E-state index is 2.54. The Morgan fingerprint density at radius 3 is 1.31 bits per heavy atom. The van der Waals surface area contributed by atoms with Gasteiger partial charge in [-0.25, -0.2) is 0 Å². The van der Waals surface area contributed by atoms with Gasteiger partial charge in [0.15, 0.2) is 0 Å². The highest BCUT2D eigenvalue weighted by molar-refractivity contribution is 5.19. The lowest BCUT2D eigenvalue weighted by Crippen LogP contribution is -2.22. The van der Waals surface area contributed by atoms with E-state index in [1.165, 1.54) is 38.5 Å². The fourth-order valence-electron chi connectivity index (χ4n) is 6.70. The predicted octanol–water partition coefficient (Wildman–Crippen LogP) is 11.6. The Morgan fingerprint density at radius 1 is 0.600 bits per heavy atom. The molecule has 0 spiro atoms. The van der Waals surface area contributed by atoms with Crippen molar-refractivity contribution in [1.29, 1.82) is 0 Å². The first-order valence-electron chi connectivity index (χ1n) is 15.5. The number of allylic oxidation sites excluding steroid dienone is 4. The van der Waals surface area contributed by atoms with Crippen molar-refractivity contribution in [1.82, 2.24) is 0 Å². The maximum Gasteiger partial charge on any atom is -0.0153 e. The highest BCUT2D eigenvalue weighted by Gasteiger charge is 2.36. The van der Waals surface area contributed by atoms with Crippen molar-refractivity contribution in [3.8, 4) is 0 Å². The molecule has 206 valence electrons. The normalized spacial score (nSPS) is 28.0. The molecule has 4 unspecified atom stereocenters. The van der Waals surface area contributed by atoms with Crippen molar-refractivity contribution in [3.05, 3.63) is 23.3 Å². The topological polar surface area (TPSA) is 0 Å². The van der Waals surface area contributed by atoms with Crippen LogP contribution in [0.2, 0.25) is 0 Å². The van der Waals surface area contributed by atoms with Gasteiger partial charge in [-0.05, 0) is 103 Å². The maximum atomic E-state index is 2.54. The second-order valence-corrected chi connectivity index (χ2v) is 15.0. The molecule has 0 nitrogen and oxygen atoms in total. The molecule has 0 aromatic rings. The van der Waals surface area contributed by atoms with Gasteiger partial charge >= 0.3 is 0 Å². The Hall–Kier alpha value is -0.520. The van der Waals surface area contributed by atoms with Crippen LogP contribution in [-0.2, 0) is 0 Å². The van der Waals surface area contributed by atoms with Crippen molar-refractivity contribution in [2.45, 2.75) is 135 Å². The van der Waals surface area contributed by atoms with Gasteiger partial charge in [-0.2, -0.15) is 0 Å². The summed E-state index contributed by atoms with van der Waals surface area (Å²) in [6.07, 6.45) is 13.6. The van der Waals surface area contributed by atoms with Crippen LogP contribution in [0.15, 0.2) is 23.3 Å². The van der Waals surface area contributed by atoms with Crippen LogP contribution in [0.3, 0.4) is 0 Å². The van der Waals surface area contributed by atoms with Gasteiger partial charge in [-0.1, -0.05) is 120 Å². The van der Waals surface area contributed by atoms with Crippen LogP contribution < -0.4 is 0 Å². The second kappa shape index (κ2) is 14.4. The summed E-state index contributed by atoms with van der Waals surface area (Å²) in [5.41, 5.74) is 3.85. The van der Waals surface area contributed by atoms with Gasteiger partial charge in [0, 0.05) is 0 Å². The van der Waals surface area contributed by atoms with Crippen molar-refractivity contribution >= 4 is 0 Å². The third-order valence-electron chi connectivity index (χ3n) is 9.61. The Kier molecular flexibility index (Phi) is 13.4. The molecule has 0 aliphatic heterocycles. The minimum atomic E-state index is 0.494. The summed E-state index contributed by atoms with van der Waals surface area (Å²) < 4.78 is 0. The molecule has 3 aliphatic rings.